The van der Waals surface area contributed by atoms with Crippen LogP contribution in [-0.2, 0) is 9.53 Å². The van der Waals surface area contributed by atoms with Crippen molar-refractivity contribution in [2.24, 2.45) is 5.92 Å². The van der Waals surface area contributed by atoms with Crippen molar-refractivity contribution < 1.29 is 37.9 Å². The highest BCUT2D eigenvalue weighted by Crippen LogP contribution is 2.33. The van der Waals surface area contributed by atoms with Crippen LogP contribution in [0.3, 0.4) is 0 Å². The Bertz CT molecular complexity index is 1340. The van der Waals surface area contributed by atoms with Crippen molar-refractivity contribution in [3.63, 3.8) is 0 Å². The first-order valence-electron chi connectivity index (χ1n) is 11.9. The molecule has 1 saturated heterocycles. The number of nitrogens with zero attached hydrogens (tertiary/aromatic N) is 2. The zero-order chi connectivity index (χ0) is 26.1. The number of cyclic esters (lactones) is 1. The highest BCUT2D eigenvalue weighted by molar-refractivity contribution is 5.99. The van der Waals surface area contributed by atoms with Crippen LogP contribution in [0.25, 0.3) is 11.4 Å². The number of rotatable bonds is 9. The van der Waals surface area contributed by atoms with Crippen LogP contribution < -0.4 is 10.1 Å². The van der Waals surface area contributed by atoms with Gasteiger partial charge in [0.2, 0.25) is 5.82 Å². The summed E-state index contributed by atoms with van der Waals surface area (Å²) in [5, 5.41) is 15.9. The van der Waals surface area contributed by atoms with Gasteiger partial charge in [-0.25, -0.2) is 9.18 Å². The van der Waals surface area contributed by atoms with E-state index in [-0.39, 0.29) is 41.2 Å². The molecule has 2 aliphatic rings. The average Bonchev–Trinajstić information content (AvgIpc) is 3.56. The minimum atomic E-state index is -1.26. The number of carbonyl (C=O) groups excluding carboxylic acids is 3. The molecule has 2 heterocycles. The van der Waals surface area contributed by atoms with Crippen molar-refractivity contribution in [2.45, 2.75) is 44.4 Å². The van der Waals surface area contributed by atoms with E-state index in [4.69, 9.17) is 9.26 Å². The van der Waals surface area contributed by atoms with Gasteiger partial charge in [-0.2, -0.15) is 4.98 Å². The van der Waals surface area contributed by atoms with Crippen LogP contribution in [0.1, 0.15) is 58.9 Å². The molecule has 2 fully saturated rings. The maximum atomic E-state index is 14.7. The first kappa shape index (κ1) is 24.6. The maximum absolute atomic E-state index is 14.7. The van der Waals surface area contributed by atoms with Gasteiger partial charge in [-0.05, 0) is 55.7 Å². The van der Waals surface area contributed by atoms with E-state index in [1.54, 1.807) is 24.3 Å². The Morgan fingerprint density at radius 2 is 1.97 bits per heavy atom. The van der Waals surface area contributed by atoms with E-state index in [0.717, 1.165) is 18.9 Å². The number of amides is 1. The molecule has 0 spiro atoms. The third-order valence-corrected chi connectivity index (χ3v) is 6.25. The molecule has 10 nitrogen and oxygen atoms in total. The summed E-state index contributed by atoms with van der Waals surface area (Å²) < 4.78 is 30.7. The number of aromatic nitrogens is 2. The summed E-state index contributed by atoms with van der Waals surface area (Å²) in [6, 6.07) is 9.39. The Balaban J connectivity index is 1.26. The van der Waals surface area contributed by atoms with Gasteiger partial charge < -0.3 is 24.4 Å². The highest BCUT2D eigenvalue weighted by atomic mass is 19.1. The molecule has 1 amide bonds. The number of hydrogen-bond donors (Lipinski definition) is 2. The monoisotopic (exact) mass is 509 g/mol. The Labute approximate surface area is 210 Å². The number of hydrogen-bond acceptors (Lipinski definition) is 9. The van der Waals surface area contributed by atoms with Gasteiger partial charge in [0.1, 0.15) is 24.3 Å². The Morgan fingerprint density at radius 1 is 1.22 bits per heavy atom. The van der Waals surface area contributed by atoms with Gasteiger partial charge in [0.05, 0.1) is 5.56 Å². The van der Waals surface area contributed by atoms with Gasteiger partial charge in [-0.1, -0.05) is 18.1 Å². The number of benzene rings is 2. The Morgan fingerprint density at radius 3 is 2.59 bits per heavy atom. The van der Waals surface area contributed by atoms with E-state index in [0.29, 0.717) is 17.7 Å². The van der Waals surface area contributed by atoms with Crippen molar-refractivity contribution in [1.29, 1.82) is 0 Å². The molecular weight excluding hydrogens is 485 g/mol. The number of Topliss-reactive ketones (excluding diaryl/α,β-unsaturated/α-hetero) is 1. The molecule has 11 heteroatoms. The lowest BCUT2D eigenvalue weighted by Gasteiger charge is -2.14. The van der Waals surface area contributed by atoms with Crippen molar-refractivity contribution >= 4 is 17.7 Å². The van der Waals surface area contributed by atoms with E-state index in [2.05, 4.69) is 20.2 Å². The fraction of sp³-hybridized carbons (Fsp3) is 0.346. The summed E-state index contributed by atoms with van der Waals surface area (Å²) in [7, 11) is 0. The van der Waals surface area contributed by atoms with Crippen LogP contribution in [0.15, 0.2) is 47.0 Å². The quantitative estimate of drug-likeness (QED) is 0.329. The largest absolute Gasteiger partial charge is 0.481 e. The topological polar surface area (TPSA) is 141 Å². The Hall–Kier alpha value is -4.12. The first-order valence-corrected chi connectivity index (χ1v) is 11.9. The minimum absolute atomic E-state index is 0.100. The number of aliphatic hydroxyl groups is 1. The lowest BCUT2D eigenvalue weighted by Crippen LogP contribution is -2.45. The third-order valence-electron chi connectivity index (χ3n) is 6.25. The molecule has 192 valence electrons. The van der Waals surface area contributed by atoms with Crippen LogP contribution in [0.2, 0.25) is 0 Å². The second-order valence-electron chi connectivity index (χ2n) is 8.98. The number of ketones is 1. The zero-order valence-corrected chi connectivity index (χ0v) is 19.8. The molecule has 2 N–H and O–H groups in total. The van der Waals surface area contributed by atoms with Gasteiger partial charge in [-0.3, -0.25) is 9.59 Å². The minimum Gasteiger partial charge on any atom is -0.481 e. The van der Waals surface area contributed by atoms with E-state index in [1.807, 2.05) is 6.92 Å². The van der Waals surface area contributed by atoms with Gasteiger partial charge in [0, 0.05) is 17.0 Å². The third kappa shape index (κ3) is 5.21. The predicted octanol–water partition coefficient (Wildman–Crippen LogP) is 3.01. The fourth-order valence-electron chi connectivity index (χ4n) is 3.96. The summed E-state index contributed by atoms with van der Waals surface area (Å²) in [6.07, 6.45) is 0.616. The Kier molecular flexibility index (Phi) is 6.70. The van der Waals surface area contributed by atoms with Gasteiger partial charge in [-0.15, -0.1) is 0 Å². The van der Waals surface area contributed by atoms with Gasteiger partial charge >= 0.3 is 5.97 Å². The number of esters is 1. The van der Waals surface area contributed by atoms with E-state index < -0.39 is 35.9 Å². The SMILES string of the molecule is CC[C@@H](Oc1ccc(C(=O)C2CC2)cc1)c1nc(-c2ccc(C(=O)N[C@@H]3C(=O)OC[C@@H]3O)c(F)c2)no1. The molecule has 0 radical (unpaired) electrons. The van der Waals surface area contributed by atoms with Gasteiger partial charge in [0.15, 0.2) is 17.9 Å². The van der Waals surface area contributed by atoms with Crippen LogP contribution in [0, 0.1) is 11.7 Å². The second-order valence-corrected chi connectivity index (χ2v) is 8.98. The van der Waals surface area contributed by atoms with E-state index in [1.165, 1.54) is 12.1 Å². The van der Waals surface area contributed by atoms with Gasteiger partial charge in [0.25, 0.3) is 11.8 Å². The summed E-state index contributed by atoms with van der Waals surface area (Å²) in [6.45, 7) is 1.64. The molecule has 5 rings (SSSR count). The molecule has 1 saturated carbocycles. The lowest BCUT2D eigenvalue weighted by atomic mass is 10.1. The number of aliphatic hydroxyl groups excluding tert-OH is 1. The first-order chi connectivity index (χ1) is 17.8. The summed E-state index contributed by atoms with van der Waals surface area (Å²) in [4.78, 5) is 40.5. The fourth-order valence-corrected chi connectivity index (χ4v) is 3.96. The predicted molar refractivity (Wildman–Crippen MR) is 125 cm³/mol. The molecule has 2 aromatic carbocycles. The highest BCUT2D eigenvalue weighted by Gasteiger charge is 2.37. The molecule has 3 aromatic rings. The molecular formula is C26H24FN3O7. The average molecular weight is 509 g/mol. The van der Waals surface area contributed by atoms with E-state index >= 15 is 0 Å². The van der Waals surface area contributed by atoms with Crippen LogP contribution in [0.5, 0.6) is 5.75 Å². The second kappa shape index (κ2) is 10.1. The van der Waals surface area contributed by atoms with E-state index in [9.17, 15) is 23.9 Å². The molecule has 37 heavy (non-hydrogen) atoms. The zero-order valence-electron chi connectivity index (χ0n) is 19.8. The lowest BCUT2D eigenvalue weighted by molar-refractivity contribution is -0.139. The number of halogens is 1. The molecule has 1 aromatic heterocycles. The molecule has 3 atom stereocenters. The number of nitrogens with one attached hydrogen (secondary N) is 1. The summed E-state index contributed by atoms with van der Waals surface area (Å²) >= 11 is 0. The van der Waals surface area contributed by atoms with Crippen LogP contribution >= 0.6 is 0 Å². The molecule has 1 aliphatic heterocycles. The van der Waals surface area contributed by atoms with Crippen molar-refractivity contribution in [2.75, 3.05) is 6.61 Å². The maximum Gasteiger partial charge on any atom is 0.331 e. The van der Waals surface area contributed by atoms with Crippen LogP contribution in [0.4, 0.5) is 4.39 Å². The molecule has 1 aliphatic carbocycles. The van der Waals surface area contributed by atoms with Crippen LogP contribution in [-0.4, -0.2) is 51.7 Å². The number of ether oxygens (including phenoxy) is 2. The number of carbonyl (C=O) groups is 3. The smallest absolute Gasteiger partial charge is 0.331 e. The molecule has 0 unspecified atom stereocenters. The van der Waals surface area contributed by atoms with Crippen molar-refractivity contribution in [1.82, 2.24) is 15.5 Å². The standard InChI is InChI=1S/C26H24FN3O7/c1-2-20(36-16-8-5-14(6-9-16)22(32)13-3-4-13)25-29-23(30-37-25)15-7-10-17(18(27)11-15)24(33)28-21-19(31)12-35-26(21)34/h5-11,13,19-21,31H,2-4,12H2,1H3,(H,28,33)/t19-,20+,21-/m0/s1. The molecule has 0 bridgehead atoms. The normalized spacial score (nSPS) is 19.8. The van der Waals surface area contributed by atoms with Crippen molar-refractivity contribution in [3.8, 4) is 17.1 Å². The van der Waals surface area contributed by atoms with Crippen molar-refractivity contribution in [3.05, 3.63) is 65.3 Å². The summed E-state index contributed by atoms with van der Waals surface area (Å²) in [5.41, 5.74) is 0.599. The summed E-state index contributed by atoms with van der Waals surface area (Å²) in [5.74, 6) is -1.41.